The molecular formula is C27H33N3O3S. The lowest BCUT2D eigenvalue weighted by atomic mass is 10.1. The van der Waals surface area contributed by atoms with Crippen LogP contribution in [-0.2, 0) is 21.4 Å². The minimum absolute atomic E-state index is 0.149. The monoisotopic (exact) mass is 479 g/mol. The molecule has 0 aliphatic rings. The third-order valence-corrected chi connectivity index (χ3v) is 7.79. The fraction of sp³-hybridized carbons (Fsp3) is 0.296. The molecule has 0 aromatic heterocycles. The van der Waals surface area contributed by atoms with Gasteiger partial charge in [-0.15, -0.1) is 0 Å². The van der Waals surface area contributed by atoms with Gasteiger partial charge in [-0.1, -0.05) is 42.5 Å². The maximum Gasteiger partial charge on any atom is 0.264 e. The SMILES string of the molecule is CCN(CC)c1ccc(CNC(=O)CN(c2cccc(C)c2C)S(=O)(=O)c2ccccc2)cc1. The highest BCUT2D eigenvalue weighted by Crippen LogP contribution is 2.28. The molecule has 0 saturated carbocycles. The van der Waals surface area contributed by atoms with Crippen LogP contribution >= 0.6 is 0 Å². The van der Waals surface area contributed by atoms with Gasteiger partial charge in [-0.3, -0.25) is 9.10 Å². The van der Waals surface area contributed by atoms with E-state index in [0.29, 0.717) is 12.2 Å². The van der Waals surface area contributed by atoms with E-state index in [9.17, 15) is 13.2 Å². The Hall–Kier alpha value is -3.32. The Morgan fingerprint density at radius 2 is 1.50 bits per heavy atom. The van der Waals surface area contributed by atoms with Crippen molar-refractivity contribution in [2.45, 2.75) is 39.1 Å². The van der Waals surface area contributed by atoms with Gasteiger partial charge < -0.3 is 10.2 Å². The van der Waals surface area contributed by atoms with Crippen LogP contribution in [0.2, 0.25) is 0 Å². The van der Waals surface area contributed by atoms with Crippen molar-refractivity contribution in [2.24, 2.45) is 0 Å². The van der Waals surface area contributed by atoms with Gasteiger partial charge in [0, 0.05) is 25.3 Å². The van der Waals surface area contributed by atoms with Gasteiger partial charge in [0.25, 0.3) is 10.0 Å². The summed E-state index contributed by atoms with van der Waals surface area (Å²) >= 11 is 0. The predicted octanol–water partition coefficient (Wildman–Crippen LogP) is 4.66. The second kappa shape index (κ2) is 11.2. The fourth-order valence-electron chi connectivity index (χ4n) is 3.83. The van der Waals surface area contributed by atoms with Crippen LogP contribution < -0.4 is 14.5 Å². The van der Waals surface area contributed by atoms with Crippen LogP contribution in [0.15, 0.2) is 77.7 Å². The summed E-state index contributed by atoms with van der Waals surface area (Å²) < 4.78 is 28.2. The number of carbonyl (C=O) groups is 1. The van der Waals surface area contributed by atoms with Crippen LogP contribution in [0.1, 0.15) is 30.5 Å². The number of carbonyl (C=O) groups excluding carboxylic acids is 1. The third-order valence-electron chi connectivity index (χ3n) is 6.02. The van der Waals surface area contributed by atoms with E-state index in [1.165, 1.54) is 4.31 Å². The number of nitrogens with one attached hydrogen (secondary N) is 1. The zero-order valence-corrected chi connectivity index (χ0v) is 21.1. The van der Waals surface area contributed by atoms with Crippen molar-refractivity contribution in [3.8, 4) is 0 Å². The third kappa shape index (κ3) is 5.78. The first-order valence-corrected chi connectivity index (χ1v) is 13.0. The van der Waals surface area contributed by atoms with Gasteiger partial charge in [0.1, 0.15) is 6.54 Å². The first-order valence-electron chi connectivity index (χ1n) is 11.5. The van der Waals surface area contributed by atoms with Crippen molar-refractivity contribution in [1.82, 2.24) is 5.32 Å². The van der Waals surface area contributed by atoms with Crippen molar-refractivity contribution >= 4 is 27.3 Å². The number of rotatable bonds is 10. The lowest BCUT2D eigenvalue weighted by Gasteiger charge is -2.26. The Labute approximate surface area is 203 Å². The van der Waals surface area contributed by atoms with Gasteiger partial charge in [0.2, 0.25) is 5.91 Å². The zero-order valence-electron chi connectivity index (χ0n) is 20.3. The highest BCUT2D eigenvalue weighted by atomic mass is 32.2. The lowest BCUT2D eigenvalue weighted by Crippen LogP contribution is -2.41. The molecule has 0 radical (unpaired) electrons. The summed E-state index contributed by atoms with van der Waals surface area (Å²) in [4.78, 5) is 15.3. The predicted molar refractivity (Wildman–Crippen MR) is 139 cm³/mol. The summed E-state index contributed by atoms with van der Waals surface area (Å²) in [6.45, 7) is 9.89. The highest BCUT2D eigenvalue weighted by molar-refractivity contribution is 7.92. The number of sulfonamides is 1. The molecule has 6 nitrogen and oxygen atoms in total. The zero-order chi connectivity index (χ0) is 24.7. The minimum Gasteiger partial charge on any atom is -0.372 e. The topological polar surface area (TPSA) is 69.7 Å². The molecular weight excluding hydrogens is 446 g/mol. The Balaban J connectivity index is 1.80. The summed E-state index contributed by atoms with van der Waals surface area (Å²) in [5.74, 6) is -0.367. The molecule has 0 heterocycles. The van der Waals surface area contributed by atoms with Crippen LogP contribution in [0.25, 0.3) is 0 Å². The quantitative estimate of drug-likeness (QED) is 0.459. The number of amides is 1. The molecule has 0 saturated heterocycles. The molecule has 3 aromatic carbocycles. The largest absolute Gasteiger partial charge is 0.372 e. The van der Waals surface area contributed by atoms with E-state index in [0.717, 1.165) is 35.5 Å². The molecule has 0 aliphatic heterocycles. The Morgan fingerprint density at radius 1 is 0.853 bits per heavy atom. The van der Waals surface area contributed by atoms with Gasteiger partial charge in [-0.25, -0.2) is 8.42 Å². The van der Waals surface area contributed by atoms with E-state index in [4.69, 9.17) is 0 Å². The van der Waals surface area contributed by atoms with Crippen molar-refractivity contribution < 1.29 is 13.2 Å². The van der Waals surface area contributed by atoms with E-state index < -0.39 is 10.0 Å². The molecule has 0 unspecified atom stereocenters. The first-order chi connectivity index (χ1) is 16.3. The van der Waals surface area contributed by atoms with Gasteiger partial charge in [0.05, 0.1) is 10.6 Å². The van der Waals surface area contributed by atoms with Crippen molar-refractivity contribution in [3.63, 3.8) is 0 Å². The molecule has 0 spiro atoms. The second-order valence-electron chi connectivity index (χ2n) is 8.16. The maximum atomic E-state index is 13.5. The molecule has 7 heteroatoms. The molecule has 180 valence electrons. The average molecular weight is 480 g/mol. The summed E-state index contributed by atoms with van der Waals surface area (Å²) in [5, 5.41) is 2.87. The molecule has 3 aromatic rings. The summed E-state index contributed by atoms with van der Waals surface area (Å²) in [7, 11) is -3.93. The lowest BCUT2D eigenvalue weighted by molar-refractivity contribution is -0.119. The fourth-order valence-corrected chi connectivity index (χ4v) is 5.32. The summed E-state index contributed by atoms with van der Waals surface area (Å²) in [5.41, 5.74) is 4.37. The molecule has 0 bridgehead atoms. The van der Waals surface area contributed by atoms with E-state index in [2.05, 4.69) is 24.1 Å². The molecule has 1 amide bonds. The maximum absolute atomic E-state index is 13.5. The van der Waals surface area contributed by atoms with Crippen LogP contribution in [-0.4, -0.2) is 34.0 Å². The number of hydrogen-bond acceptors (Lipinski definition) is 4. The van der Waals surface area contributed by atoms with E-state index in [1.807, 2.05) is 44.2 Å². The number of nitrogens with zero attached hydrogens (tertiary/aromatic N) is 2. The Kier molecular flexibility index (Phi) is 8.34. The van der Waals surface area contributed by atoms with Crippen LogP contribution in [0.3, 0.4) is 0 Å². The molecule has 34 heavy (non-hydrogen) atoms. The highest BCUT2D eigenvalue weighted by Gasteiger charge is 2.28. The average Bonchev–Trinajstić information content (AvgIpc) is 2.85. The smallest absolute Gasteiger partial charge is 0.264 e. The molecule has 3 rings (SSSR count). The van der Waals surface area contributed by atoms with Gasteiger partial charge in [-0.05, 0) is 74.7 Å². The van der Waals surface area contributed by atoms with E-state index >= 15 is 0 Å². The van der Waals surface area contributed by atoms with Crippen molar-refractivity contribution in [3.05, 3.63) is 89.5 Å². The summed E-state index contributed by atoms with van der Waals surface area (Å²) in [6, 6.07) is 21.7. The molecule has 0 aliphatic carbocycles. The Bertz CT molecular complexity index is 1210. The normalized spacial score (nSPS) is 11.2. The second-order valence-corrected chi connectivity index (χ2v) is 10.0. The van der Waals surface area contributed by atoms with Crippen LogP contribution in [0.4, 0.5) is 11.4 Å². The molecule has 0 atom stereocenters. The van der Waals surface area contributed by atoms with Gasteiger partial charge in [-0.2, -0.15) is 0 Å². The van der Waals surface area contributed by atoms with Gasteiger partial charge in [0.15, 0.2) is 0 Å². The van der Waals surface area contributed by atoms with E-state index in [-0.39, 0.29) is 17.3 Å². The standard InChI is InChI=1S/C27H33N3O3S/c1-5-29(6-2)24-17-15-23(16-18-24)19-28-27(31)20-30(26-14-10-11-21(3)22(26)4)34(32,33)25-12-8-7-9-13-25/h7-18H,5-6,19-20H2,1-4H3,(H,28,31). The number of anilines is 2. The van der Waals surface area contributed by atoms with Crippen LogP contribution in [0.5, 0.6) is 0 Å². The number of aryl methyl sites for hydroxylation is 1. The molecule has 0 fully saturated rings. The van der Waals surface area contributed by atoms with E-state index in [1.54, 1.807) is 42.5 Å². The first kappa shape index (κ1) is 25.3. The minimum atomic E-state index is -3.93. The van der Waals surface area contributed by atoms with Crippen molar-refractivity contribution in [1.29, 1.82) is 0 Å². The number of hydrogen-bond donors (Lipinski definition) is 1. The van der Waals surface area contributed by atoms with Crippen LogP contribution in [0, 0.1) is 13.8 Å². The number of benzene rings is 3. The van der Waals surface area contributed by atoms with Gasteiger partial charge >= 0.3 is 0 Å². The molecule has 1 N–H and O–H groups in total. The van der Waals surface area contributed by atoms with Crippen molar-refractivity contribution in [2.75, 3.05) is 28.8 Å². The Morgan fingerprint density at radius 3 is 2.12 bits per heavy atom. The summed E-state index contributed by atoms with van der Waals surface area (Å²) in [6.07, 6.45) is 0.